The van der Waals surface area contributed by atoms with Gasteiger partial charge in [-0.1, -0.05) is 0 Å². The molecule has 2 heterocycles. The van der Waals surface area contributed by atoms with Gasteiger partial charge in [0.05, 0.1) is 12.4 Å². The van der Waals surface area contributed by atoms with Crippen LogP contribution in [0.2, 0.25) is 0 Å². The van der Waals surface area contributed by atoms with Crippen molar-refractivity contribution in [2.75, 3.05) is 5.32 Å². The first-order valence-electron chi connectivity index (χ1n) is 5.83. The molecule has 3 rings (SSSR count). The van der Waals surface area contributed by atoms with E-state index >= 15 is 0 Å². The van der Waals surface area contributed by atoms with E-state index in [1.807, 2.05) is 0 Å². The van der Waals surface area contributed by atoms with E-state index in [1.54, 1.807) is 24.3 Å². The lowest BCUT2D eigenvalue weighted by molar-refractivity contribution is -0.0795. The van der Waals surface area contributed by atoms with Gasteiger partial charge >= 0.3 is 6.01 Å². The molecule has 1 aromatic heterocycles. The highest BCUT2D eigenvalue weighted by molar-refractivity contribution is 5.57. The van der Waals surface area contributed by atoms with E-state index in [2.05, 4.69) is 15.7 Å². The van der Waals surface area contributed by atoms with E-state index in [1.165, 1.54) is 24.5 Å². The third kappa shape index (κ3) is 2.62. The number of benzene rings is 1. The first-order valence-corrected chi connectivity index (χ1v) is 5.83. The van der Waals surface area contributed by atoms with Crippen molar-refractivity contribution >= 4 is 6.01 Å². The smallest absolute Gasteiger partial charge is 0.300 e. The largest absolute Gasteiger partial charge is 0.423 e. The van der Waals surface area contributed by atoms with Gasteiger partial charge in [-0.2, -0.15) is 5.17 Å². The van der Waals surface area contributed by atoms with Gasteiger partial charge in [-0.3, -0.25) is 15.9 Å². The average Bonchev–Trinajstić information content (AvgIpc) is 2.88. The Hall–Kier alpha value is -2.80. The second-order valence-electron chi connectivity index (χ2n) is 4.04. The molecule has 1 aliphatic rings. The predicted octanol–water partition coefficient (Wildman–Crippen LogP) is 2.46. The van der Waals surface area contributed by atoms with Gasteiger partial charge in [0, 0.05) is 5.56 Å². The number of nitrogens with one attached hydrogen (secondary N) is 2. The Labute approximate surface area is 113 Å². The molecule has 0 atom stereocenters. The molecule has 0 saturated heterocycles. The molecular weight excluding hydrogens is 263 g/mol. The fourth-order valence-corrected chi connectivity index (χ4v) is 1.68. The molecule has 0 radical (unpaired) electrons. The van der Waals surface area contributed by atoms with E-state index in [0.29, 0.717) is 11.6 Å². The lowest BCUT2D eigenvalue weighted by atomic mass is 10.2. The lowest BCUT2D eigenvalue weighted by Gasteiger charge is -2.19. The van der Waals surface area contributed by atoms with E-state index in [-0.39, 0.29) is 11.8 Å². The Morgan fingerprint density at radius 3 is 2.85 bits per heavy atom. The van der Waals surface area contributed by atoms with Crippen molar-refractivity contribution in [3.63, 3.8) is 0 Å². The van der Waals surface area contributed by atoms with Gasteiger partial charge in [-0.15, -0.1) is 0 Å². The van der Waals surface area contributed by atoms with Crippen LogP contribution in [-0.4, -0.2) is 15.4 Å². The maximum absolute atomic E-state index is 12.8. The van der Waals surface area contributed by atoms with Crippen molar-refractivity contribution in [3.8, 4) is 11.3 Å². The summed E-state index contributed by atoms with van der Waals surface area (Å²) in [5, 5.41) is 12.9. The van der Waals surface area contributed by atoms with Crippen LogP contribution >= 0.6 is 0 Å². The predicted molar refractivity (Wildman–Crippen MR) is 69.5 cm³/mol. The molecule has 7 heteroatoms. The maximum atomic E-state index is 12.8. The number of aromatic nitrogens is 1. The van der Waals surface area contributed by atoms with E-state index < -0.39 is 0 Å². The molecule has 102 valence electrons. The highest BCUT2D eigenvalue weighted by Crippen LogP contribution is 2.23. The number of hydrazine groups is 1. The third-order valence-electron chi connectivity index (χ3n) is 2.60. The van der Waals surface area contributed by atoms with Crippen molar-refractivity contribution in [2.45, 2.75) is 0 Å². The number of rotatable bonds is 3. The molecular formula is C13H11FN4O2. The van der Waals surface area contributed by atoms with Crippen molar-refractivity contribution in [3.05, 3.63) is 60.5 Å². The highest BCUT2D eigenvalue weighted by Gasteiger charge is 2.09. The number of oxazole rings is 1. The van der Waals surface area contributed by atoms with Crippen molar-refractivity contribution < 1.29 is 14.0 Å². The molecule has 0 aliphatic carbocycles. The monoisotopic (exact) mass is 274 g/mol. The first-order chi connectivity index (χ1) is 9.70. The Morgan fingerprint density at radius 1 is 1.30 bits per heavy atom. The number of nitrogens with zero attached hydrogens (tertiary/aromatic N) is 2. The summed E-state index contributed by atoms with van der Waals surface area (Å²) in [7, 11) is 0. The van der Waals surface area contributed by atoms with Crippen LogP contribution in [0.4, 0.5) is 10.4 Å². The number of anilines is 1. The fraction of sp³-hybridized carbons (Fsp3) is 0. The van der Waals surface area contributed by atoms with Crippen LogP contribution in [-0.2, 0) is 0 Å². The molecule has 0 saturated carbocycles. The van der Waals surface area contributed by atoms with Crippen LogP contribution in [0.1, 0.15) is 0 Å². The molecule has 0 amide bonds. The molecule has 0 spiro atoms. The minimum absolute atomic E-state index is 0.256. The normalized spacial score (nSPS) is 13.9. The average molecular weight is 274 g/mol. The SMILES string of the molecule is ON1C=CC=C(Nc2ncc(-c3ccc(F)cc3)o2)N1. The van der Waals surface area contributed by atoms with Crippen LogP contribution in [0.3, 0.4) is 0 Å². The van der Waals surface area contributed by atoms with Crippen LogP contribution in [0.15, 0.2) is 59.1 Å². The molecule has 0 fully saturated rings. The maximum Gasteiger partial charge on any atom is 0.300 e. The summed E-state index contributed by atoms with van der Waals surface area (Å²) < 4.78 is 18.3. The van der Waals surface area contributed by atoms with Gasteiger partial charge < -0.3 is 4.42 Å². The van der Waals surface area contributed by atoms with Gasteiger partial charge in [-0.25, -0.2) is 9.37 Å². The number of hydrogen-bond donors (Lipinski definition) is 3. The molecule has 0 bridgehead atoms. The van der Waals surface area contributed by atoms with Gasteiger partial charge in [0.2, 0.25) is 0 Å². The molecule has 1 aromatic carbocycles. The molecule has 20 heavy (non-hydrogen) atoms. The summed E-state index contributed by atoms with van der Waals surface area (Å²) >= 11 is 0. The van der Waals surface area contributed by atoms with Crippen LogP contribution in [0, 0.1) is 5.82 Å². The molecule has 2 aromatic rings. The van der Waals surface area contributed by atoms with Crippen molar-refractivity contribution in [1.29, 1.82) is 0 Å². The van der Waals surface area contributed by atoms with E-state index in [0.717, 1.165) is 10.7 Å². The number of halogens is 1. The minimum atomic E-state index is -0.307. The van der Waals surface area contributed by atoms with Crippen molar-refractivity contribution in [2.24, 2.45) is 0 Å². The number of allylic oxidation sites excluding steroid dienone is 2. The fourth-order valence-electron chi connectivity index (χ4n) is 1.68. The van der Waals surface area contributed by atoms with Crippen molar-refractivity contribution in [1.82, 2.24) is 15.6 Å². The van der Waals surface area contributed by atoms with Crippen LogP contribution in [0.25, 0.3) is 11.3 Å². The second kappa shape index (κ2) is 5.06. The standard InChI is InChI=1S/C13H11FN4O2/c14-10-5-3-9(4-6-10)11-8-15-13(20-11)16-12-2-1-7-18(19)17-12/h1-8,17,19H,(H,15,16). The lowest BCUT2D eigenvalue weighted by Crippen LogP contribution is -2.34. The van der Waals surface area contributed by atoms with Gasteiger partial charge in [0.15, 0.2) is 5.76 Å². The topological polar surface area (TPSA) is 73.6 Å². The zero-order valence-electron chi connectivity index (χ0n) is 10.2. The number of hydrogen-bond acceptors (Lipinski definition) is 6. The Kier molecular flexibility index (Phi) is 3.10. The Bertz CT molecular complexity index is 663. The highest BCUT2D eigenvalue weighted by atomic mass is 19.1. The zero-order chi connectivity index (χ0) is 13.9. The number of hydroxylamine groups is 1. The van der Waals surface area contributed by atoms with E-state index in [9.17, 15) is 9.60 Å². The summed E-state index contributed by atoms with van der Waals surface area (Å²) in [4.78, 5) is 4.06. The van der Waals surface area contributed by atoms with Gasteiger partial charge in [-0.05, 0) is 36.4 Å². The van der Waals surface area contributed by atoms with Gasteiger partial charge in [0.1, 0.15) is 11.6 Å². The molecule has 1 aliphatic heterocycles. The second-order valence-corrected chi connectivity index (χ2v) is 4.04. The van der Waals surface area contributed by atoms with Crippen LogP contribution in [0.5, 0.6) is 0 Å². The minimum Gasteiger partial charge on any atom is -0.423 e. The molecule has 3 N–H and O–H groups in total. The van der Waals surface area contributed by atoms with E-state index in [4.69, 9.17) is 4.42 Å². The summed E-state index contributed by atoms with van der Waals surface area (Å²) in [6, 6.07) is 6.17. The summed E-state index contributed by atoms with van der Waals surface area (Å²) in [5.41, 5.74) is 3.35. The quantitative estimate of drug-likeness (QED) is 0.798. The van der Waals surface area contributed by atoms with Gasteiger partial charge in [0.25, 0.3) is 0 Å². The zero-order valence-corrected chi connectivity index (χ0v) is 10.2. The Morgan fingerprint density at radius 2 is 2.10 bits per heavy atom. The summed E-state index contributed by atoms with van der Waals surface area (Å²) in [6.45, 7) is 0. The summed E-state index contributed by atoms with van der Waals surface area (Å²) in [5.74, 6) is 0.709. The molecule has 0 unspecified atom stereocenters. The Balaban J connectivity index is 1.75. The first kappa shape index (κ1) is 12.2. The van der Waals surface area contributed by atoms with Crippen LogP contribution < -0.4 is 10.7 Å². The molecule has 6 nitrogen and oxygen atoms in total. The third-order valence-corrected chi connectivity index (χ3v) is 2.60. The summed E-state index contributed by atoms with van der Waals surface area (Å²) in [6.07, 6.45) is 6.31.